The van der Waals surface area contributed by atoms with Gasteiger partial charge >= 0.3 is 7.12 Å². The number of phenolic OH excluding ortho intramolecular Hbond substituents is 1. The molecule has 0 atom stereocenters. The average molecular weight is 273 g/mol. The lowest BCUT2D eigenvalue weighted by Gasteiger charge is -2.32. The van der Waals surface area contributed by atoms with Crippen molar-refractivity contribution in [2.45, 2.75) is 38.9 Å². The third kappa shape index (κ3) is 2.00. The van der Waals surface area contributed by atoms with Crippen LogP contribution in [0.25, 0.3) is 0 Å². The van der Waals surface area contributed by atoms with E-state index in [1.165, 1.54) is 6.07 Å². The first-order valence-electron chi connectivity index (χ1n) is 5.68. The Morgan fingerprint density at radius 3 is 2.17 bits per heavy atom. The van der Waals surface area contributed by atoms with E-state index in [9.17, 15) is 9.50 Å². The minimum atomic E-state index is -0.764. The number of rotatable bonds is 1. The van der Waals surface area contributed by atoms with Crippen molar-refractivity contribution in [2.24, 2.45) is 0 Å². The molecule has 18 heavy (non-hydrogen) atoms. The van der Waals surface area contributed by atoms with Gasteiger partial charge in [0.25, 0.3) is 0 Å². The Morgan fingerprint density at radius 2 is 1.67 bits per heavy atom. The molecule has 1 aromatic carbocycles. The van der Waals surface area contributed by atoms with Crippen LogP contribution in [-0.2, 0) is 9.31 Å². The van der Waals surface area contributed by atoms with E-state index in [2.05, 4.69) is 0 Å². The summed E-state index contributed by atoms with van der Waals surface area (Å²) in [5.41, 5.74) is -0.593. The molecule has 0 bridgehead atoms. The highest BCUT2D eigenvalue weighted by Crippen LogP contribution is 2.37. The van der Waals surface area contributed by atoms with Crippen LogP contribution < -0.4 is 5.46 Å². The number of hydrogen-bond acceptors (Lipinski definition) is 3. The van der Waals surface area contributed by atoms with Gasteiger partial charge < -0.3 is 14.4 Å². The van der Waals surface area contributed by atoms with Crippen molar-refractivity contribution in [1.82, 2.24) is 0 Å². The molecule has 1 aliphatic heterocycles. The fourth-order valence-corrected chi connectivity index (χ4v) is 1.95. The molecule has 1 N–H and O–H groups in total. The number of aromatic hydroxyl groups is 1. The van der Waals surface area contributed by atoms with Gasteiger partial charge in [0.2, 0.25) is 0 Å². The molecule has 0 saturated carbocycles. The van der Waals surface area contributed by atoms with Crippen LogP contribution >= 0.6 is 11.6 Å². The zero-order chi connectivity index (χ0) is 13.7. The lowest BCUT2D eigenvalue weighted by Crippen LogP contribution is -2.41. The molecule has 1 aromatic rings. The maximum Gasteiger partial charge on any atom is 0.496 e. The van der Waals surface area contributed by atoms with E-state index in [0.717, 1.165) is 6.07 Å². The zero-order valence-corrected chi connectivity index (χ0v) is 11.5. The Morgan fingerprint density at radius 1 is 1.17 bits per heavy atom. The monoisotopic (exact) mass is 272 g/mol. The number of halogens is 2. The van der Waals surface area contributed by atoms with E-state index < -0.39 is 29.9 Å². The molecule has 0 spiro atoms. The fourth-order valence-electron chi connectivity index (χ4n) is 1.71. The van der Waals surface area contributed by atoms with Gasteiger partial charge in [-0.3, -0.25) is 0 Å². The second-order valence-corrected chi connectivity index (χ2v) is 5.77. The first-order chi connectivity index (χ1) is 8.16. The van der Waals surface area contributed by atoms with Gasteiger partial charge in [0.15, 0.2) is 11.6 Å². The first-order valence-corrected chi connectivity index (χ1v) is 6.06. The van der Waals surface area contributed by atoms with Crippen molar-refractivity contribution >= 4 is 24.2 Å². The molecule has 2 rings (SSSR count). The van der Waals surface area contributed by atoms with Crippen molar-refractivity contribution in [1.29, 1.82) is 0 Å². The fraction of sp³-hybridized carbons (Fsp3) is 0.500. The van der Waals surface area contributed by atoms with Crippen LogP contribution in [0.15, 0.2) is 12.1 Å². The van der Waals surface area contributed by atoms with E-state index in [4.69, 9.17) is 20.9 Å². The summed E-state index contributed by atoms with van der Waals surface area (Å²) in [6, 6.07) is 2.60. The molecule has 1 fully saturated rings. The summed E-state index contributed by atoms with van der Waals surface area (Å²) in [5.74, 6) is -1.34. The second-order valence-electron chi connectivity index (χ2n) is 5.39. The van der Waals surface area contributed by atoms with Crippen LogP contribution in [0, 0.1) is 5.82 Å². The first kappa shape index (κ1) is 13.7. The van der Waals surface area contributed by atoms with Crippen molar-refractivity contribution < 1.29 is 18.8 Å². The number of phenols is 1. The predicted molar refractivity (Wildman–Crippen MR) is 68.8 cm³/mol. The van der Waals surface area contributed by atoms with Crippen LogP contribution in [0.1, 0.15) is 27.7 Å². The van der Waals surface area contributed by atoms with Gasteiger partial charge in [-0.05, 0) is 33.8 Å². The van der Waals surface area contributed by atoms with E-state index >= 15 is 0 Å². The van der Waals surface area contributed by atoms with Crippen LogP contribution in [0.5, 0.6) is 5.75 Å². The highest BCUT2D eigenvalue weighted by molar-refractivity contribution is 6.66. The van der Waals surface area contributed by atoms with Gasteiger partial charge in [-0.25, -0.2) is 4.39 Å². The lowest BCUT2D eigenvalue weighted by molar-refractivity contribution is 0.00578. The summed E-state index contributed by atoms with van der Waals surface area (Å²) in [6.07, 6.45) is 0. The van der Waals surface area contributed by atoms with E-state index in [1.54, 1.807) is 0 Å². The third-order valence-corrected chi connectivity index (χ3v) is 4.00. The smallest absolute Gasteiger partial charge is 0.496 e. The van der Waals surface area contributed by atoms with Crippen LogP contribution in [0.3, 0.4) is 0 Å². The molecule has 6 heteroatoms. The molecule has 1 heterocycles. The molecule has 0 unspecified atom stereocenters. The summed E-state index contributed by atoms with van der Waals surface area (Å²) < 4.78 is 24.7. The predicted octanol–water partition coefficient (Wildman–Crippen LogP) is 2.48. The molecular weight excluding hydrogens is 257 g/mol. The van der Waals surface area contributed by atoms with Crippen LogP contribution in [0.4, 0.5) is 4.39 Å². The summed E-state index contributed by atoms with van der Waals surface area (Å²) in [7, 11) is -0.714. The molecule has 0 radical (unpaired) electrons. The molecule has 1 saturated heterocycles. The maximum absolute atomic E-state index is 13.1. The minimum absolute atomic E-state index is 0.0755. The Hall–Kier alpha value is -0.775. The van der Waals surface area contributed by atoms with Gasteiger partial charge in [0.1, 0.15) is 0 Å². The molecule has 3 nitrogen and oxygen atoms in total. The van der Waals surface area contributed by atoms with Gasteiger partial charge in [-0.2, -0.15) is 0 Å². The number of benzene rings is 1. The molecule has 0 amide bonds. The quantitative estimate of drug-likeness (QED) is 0.798. The van der Waals surface area contributed by atoms with Gasteiger partial charge in [0.05, 0.1) is 16.2 Å². The maximum atomic E-state index is 13.1. The van der Waals surface area contributed by atoms with Gasteiger partial charge in [-0.1, -0.05) is 17.7 Å². The highest BCUT2D eigenvalue weighted by atomic mass is 35.5. The summed E-state index contributed by atoms with van der Waals surface area (Å²) in [6.45, 7) is 7.63. The molecule has 98 valence electrons. The SMILES string of the molecule is CC1(C)OB(c2ccc(F)c(O)c2Cl)OC1(C)C. The van der Waals surface area contributed by atoms with Gasteiger partial charge in [0, 0.05) is 5.46 Å². The Bertz CT molecular complexity index is 474. The highest BCUT2D eigenvalue weighted by Gasteiger charge is 2.52. The van der Waals surface area contributed by atoms with Crippen LogP contribution in [-0.4, -0.2) is 23.4 Å². The molecular formula is C12H15BClFO3. The van der Waals surface area contributed by atoms with Crippen molar-refractivity contribution in [3.05, 3.63) is 23.0 Å². The number of hydrogen-bond donors (Lipinski definition) is 1. The second kappa shape index (κ2) is 4.12. The van der Waals surface area contributed by atoms with Crippen LogP contribution in [0.2, 0.25) is 5.02 Å². The average Bonchev–Trinajstić information content (AvgIpc) is 2.45. The minimum Gasteiger partial charge on any atom is -0.504 e. The van der Waals surface area contributed by atoms with E-state index in [0.29, 0.717) is 5.46 Å². The van der Waals surface area contributed by atoms with Crippen molar-refractivity contribution in [2.75, 3.05) is 0 Å². The third-order valence-electron chi connectivity index (χ3n) is 3.60. The Labute approximate surface area is 111 Å². The summed E-state index contributed by atoms with van der Waals surface area (Å²) in [4.78, 5) is 0. The van der Waals surface area contributed by atoms with E-state index in [-0.39, 0.29) is 5.02 Å². The van der Waals surface area contributed by atoms with Crippen molar-refractivity contribution in [3.8, 4) is 5.75 Å². The Balaban J connectivity index is 2.39. The molecule has 0 aliphatic carbocycles. The summed E-state index contributed by atoms with van der Waals surface area (Å²) >= 11 is 5.91. The Kier molecular flexibility index (Phi) is 3.12. The topological polar surface area (TPSA) is 38.7 Å². The molecule has 1 aliphatic rings. The van der Waals surface area contributed by atoms with Crippen molar-refractivity contribution in [3.63, 3.8) is 0 Å². The largest absolute Gasteiger partial charge is 0.504 e. The molecule has 0 aromatic heterocycles. The zero-order valence-electron chi connectivity index (χ0n) is 10.8. The summed E-state index contributed by atoms with van der Waals surface area (Å²) in [5, 5.41) is 9.41. The normalized spacial score (nSPS) is 21.3. The lowest BCUT2D eigenvalue weighted by atomic mass is 9.79. The van der Waals surface area contributed by atoms with E-state index in [1.807, 2.05) is 27.7 Å². The van der Waals surface area contributed by atoms with Gasteiger partial charge in [-0.15, -0.1) is 0 Å². The standard InChI is InChI=1S/C12H15BClFO3/c1-11(2)12(3,4)18-13(17-11)7-5-6-8(15)10(16)9(7)14/h5-6,16H,1-4H3.